The molecule has 0 unspecified atom stereocenters. The predicted octanol–water partition coefficient (Wildman–Crippen LogP) is 3.04. The van der Waals surface area contributed by atoms with E-state index in [2.05, 4.69) is 16.7 Å². The van der Waals surface area contributed by atoms with Crippen LogP contribution >= 0.6 is 0 Å². The molecule has 5 rings (SSSR count). The monoisotopic (exact) mass is 546 g/mol. The van der Waals surface area contributed by atoms with Gasteiger partial charge in [0.1, 0.15) is 12.6 Å². The van der Waals surface area contributed by atoms with Gasteiger partial charge in [0.15, 0.2) is 5.78 Å². The summed E-state index contributed by atoms with van der Waals surface area (Å²) in [6.45, 7) is 6.25. The molecule has 4 aliphatic rings. The van der Waals surface area contributed by atoms with Crippen LogP contribution in [0, 0.1) is 11.8 Å². The van der Waals surface area contributed by atoms with E-state index in [-0.39, 0.29) is 36.3 Å². The smallest absolute Gasteiger partial charge is 0.249 e. The first-order valence-corrected chi connectivity index (χ1v) is 14.4. The molecule has 0 radical (unpaired) electrons. The van der Waals surface area contributed by atoms with Gasteiger partial charge in [0.25, 0.3) is 0 Å². The summed E-state index contributed by atoms with van der Waals surface area (Å²) in [4.78, 5) is 45.8. The summed E-state index contributed by atoms with van der Waals surface area (Å²) >= 11 is 0. The standard InChI is InChI=1S/C29H40F2N4O4/c1-2-10-33-11-13-34(14-12-33)19-8-9-20(28(32)37)21(15-19)24(18-6-4-3-5-7-18)29(38)35-16-22(27(30)31)26-25(35)23(36)17-39-26/h8-9,15,18,22,24-27H,2-7,10-14,16-17H2,1H3,(H2,32,37)/t22-,24+,25-,26-/m1/s1. The van der Waals surface area contributed by atoms with Crippen LogP contribution in [0.15, 0.2) is 18.2 Å². The van der Waals surface area contributed by atoms with Crippen LogP contribution in [0.4, 0.5) is 14.5 Å². The Labute approximate surface area is 228 Å². The predicted molar refractivity (Wildman–Crippen MR) is 143 cm³/mol. The molecule has 39 heavy (non-hydrogen) atoms. The van der Waals surface area contributed by atoms with Gasteiger partial charge in [-0.1, -0.05) is 26.2 Å². The number of ether oxygens (including phenoxy) is 1. The fourth-order valence-electron chi connectivity index (χ4n) is 7.15. The first kappa shape index (κ1) is 28.0. The lowest BCUT2D eigenvalue weighted by Gasteiger charge is -2.37. The van der Waals surface area contributed by atoms with Crippen molar-refractivity contribution in [3.63, 3.8) is 0 Å². The molecule has 2 N–H and O–H groups in total. The summed E-state index contributed by atoms with van der Waals surface area (Å²) in [5.74, 6) is -3.34. The molecule has 3 saturated heterocycles. The van der Waals surface area contributed by atoms with Gasteiger partial charge >= 0.3 is 0 Å². The van der Waals surface area contributed by atoms with E-state index < -0.39 is 36.3 Å². The van der Waals surface area contributed by atoms with E-state index in [1.807, 2.05) is 12.1 Å². The molecule has 0 aromatic heterocycles. The number of ketones is 1. The van der Waals surface area contributed by atoms with Gasteiger partial charge < -0.3 is 20.3 Å². The highest BCUT2D eigenvalue weighted by molar-refractivity contribution is 5.99. The summed E-state index contributed by atoms with van der Waals surface area (Å²) in [5.41, 5.74) is 7.58. The maximum absolute atomic E-state index is 14.4. The number of alkyl halides is 2. The van der Waals surface area contributed by atoms with E-state index in [1.165, 1.54) is 4.90 Å². The minimum Gasteiger partial charge on any atom is -0.369 e. The van der Waals surface area contributed by atoms with E-state index in [0.717, 1.165) is 76.9 Å². The number of nitrogens with two attached hydrogens (primary N) is 1. The first-order chi connectivity index (χ1) is 18.8. The van der Waals surface area contributed by atoms with Crippen LogP contribution in [-0.4, -0.2) is 91.8 Å². The SMILES string of the molecule is CCCN1CCN(c2ccc(C(N)=O)c([C@@H](C(=O)N3C[C@@H](C(F)F)[C@H]4OCC(=O)[C@H]43)C3CCCCC3)c2)CC1. The summed E-state index contributed by atoms with van der Waals surface area (Å²) < 4.78 is 33.3. The third-order valence-corrected chi connectivity index (χ3v) is 9.13. The fraction of sp³-hybridized carbons (Fsp3) is 0.690. The summed E-state index contributed by atoms with van der Waals surface area (Å²) in [6, 6.07) is 4.49. The van der Waals surface area contributed by atoms with Gasteiger partial charge in [-0.05, 0) is 55.5 Å². The van der Waals surface area contributed by atoms with Gasteiger partial charge in [0, 0.05) is 44.0 Å². The van der Waals surface area contributed by atoms with Gasteiger partial charge in [-0.3, -0.25) is 19.3 Å². The average molecular weight is 547 g/mol. The number of likely N-dealkylation sites (tertiary alicyclic amines) is 1. The topological polar surface area (TPSA) is 96.2 Å². The van der Waals surface area contributed by atoms with Crippen molar-refractivity contribution in [1.29, 1.82) is 0 Å². The molecule has 4 fully saturated rings. The van der Waals surface area contributed by atoms with Gasteiger partial charge in [-0.25, -0.2) is 8.78 Å². The van der Waals surface area contributed by atoms with E-state index >= 15 is 0 Å². The van der Waals surface area contributed by atoms with Crippen LogP contribution in [-0.2, 0) is 14.3 Å². The molecule has 1 aliphatic carbocycles. The maximum atomic E-state index is 14.4. The lowest BCUT2D eigenvalue weighted by Crippen LogP contribution is -2.47. The number of amides is 2. The Bertz CT molecular complexity index is 1070. The molecule has 0 spiro atoms. The van der Waals surface area contributed by atoms with Crippen LogP contribution in [0.2, 0.25) is 0 Å². The van der Waals surface area contributed by atoms with Crippen molar-refractivity contribution in [2.24, 2.45) is 17.6 Å². The molecule has 214 valence electrons. The second-order valence-corrected chi connectivity index (χ2v) is 11.5. The highest BCUT2D eigenvalue weighted by atomic mass is 19.3. The van der Waals surface area contributed by atoms with Gasteiger partial charge in [0.2, 0.25) is 18.2 Å². The third-order valence-electron chi connectivity index (χ3n) is 9.13. The highest BCUT2D eigenvalue weighted by Gasteiger charge is 2.56. The van der Waals surface area contributed by atoms with Crippen molar-refractivity contribution in [3.05, 3.63) is 29.3 Å². The molecule has 3 aliphatic heterocycles. The second-order valence-electron chi connectivity index (χ2n) is 11.5. The number of piperazine rings is 1. The zero-order valence-electron chi connectivity index (χ0n) is 22.7. The van der Waals surface area contributed by atoms with Crippen LogP contribution in [0.1, 0.15) is 67.3 Å². The molecule has 2 amide bonds. The average Bonchev–Trinajstić information content (AvgIpc) is 3.50. The van der Waals surface area contributed by atoms with Crippen LogP contribution in [0.5, 0.6) is 0 Å². The third kappa shape index (κ3) is 5.55. The number of carbonyl (C=O) groups excluding carboxylic acids is 3. The summed E-state index contributed by atoms with van der Waals surface area (Å²) in [6.07, 6.45) is 1.95. The Kier molecular flexibility index (Phi) is 8.52. The minimum atomic E-state index is -2.70. The Morgan fingerprint density at radius 1 is 1.10 bits per heavy atom. The van der Waals surface area contributed by atoms with Crippen molar-refractivity contribution in [2.75, 3.05) is 50.8 Å². The highest BCUT2D eigenvalue weighted by Crippen LogP contribution is 2.43. The van der Waals surface area contributed by atoms with E-state index in [4.69, 9.17) is 10.5 Å². The first-order valence-electron chi connectivity index (χ1n) is 14.4. The fourth-order valence-corrected chi connectivity index (χ4v) is 7.15. The number of fused-ring (bicyclic) bond motifs is 1. The van der Waals surface area contributed by atoms with Gasteiger partial charge in [-0.2, -0.15) is 0 Å². The number of primary amides is 1. The Morgan fingerprint density at radius 2 is 1.82 bits per heavy atom. The summed E-state index contributed by atoms with van der Waals surface area (Å²) in [7, 11) is 0. The molecule has 4 atom stereocenters. The molecule has 3 heterocycles. The Morgan fingerprint density at radius 3 is 2.46 bits per heavy atom. The number of halogens is 2. The number of benzene rings is 1. The van der Waals surface area contributed by atoms with E-state index in [9.17, 15) is 23.2 Å². The number of hydrogen-bond donors (Lipinski definition) is 1. The lowest BCUT2D eigenvalue weighted by molar-refractivity contribution is -0.139. The lowest BCUT2D eigenvalue weighted by atomic mass is 9.74. The number of hydrogen-bond acceptors (Lipinski definition) is 6. The number of carbonyl (C=O) groups is 3. The number of Topliss-reactive ketones (excluding diaryl/α,β-unsaturated/α-hetero) is 1. The number of anilines is 1. The normalized spacial score (nSPS) is 27.3. The van der Waals surface area contributed by atoms with Crippen LogP contribution in [0.3, 0.4) is 0 Å². The number of nitrogens with zero attached hydrogens (tertiary/aromatic N) is 3. The minimum absolute atomic E-state index is 0.0672. The molecule has 1 aromatic carbocycles. The largest absolute Gasteiger partial charge is 0.369 e. The van der Waals surface area contributed by atoms with Crippen molar-refractivity contribution >= 4 is 23.3 Å². The van der Waals surface area contributed by atoms with Crippen molar-refractivity contribution < 1.29 is 27.9 Å². The van der Waals surface area contributed by atoms with Crippen molar-refractivity contribution in [2.45, 2.75) is 69.9 Å². The zero-order chi connectivity index (χ0) is 27.7. The van der Waals surface area contributed by atoms with Crippen molar-refractivity contribution in [3.8, 4) is 0 Å². The van der Waals surface area contributed by atoms with Crippen molar-refractivity contribution in [1.82, 2.24) is 9.80 Å². The zero-order valence-corrected chi connectivity index (χ0v) is 22.7. The molecule has 8 nitrogen and oxygen atoms in total. The maximum Gasteiger partial charge on any atom is 0.249 e. The molecule has 0 bridgehead atoms. The molecular formula is C29H40F2N4O4. The van der Waals surface area contributed by atoms with Crippen LogP contribution < -0.4 is 10.6 Å². The second kappa shape index (κ2) is 11.9. The quantitative estimate of drug-likeness (QED) is 0.539. The molecule has 1 saturated carbocycles. The van der Waals surface area contributed by atoms with E-state index in [0.29, 0.717) is 5.56 Å². The van der Waals surface area contributed by atoms with Gasteiger partial charge in [0.05, 0.1) is 17.9 Å². The van der Waals surface area contributed by atoms with Gasteiger partial charge in [-0.15, -0.1) is 0 Å². The summed E-state index contributed by atoms with van der Waals surface area (Å²) in [5, 5.41) is 0. The number of rotatable bonds is 8. The molecule has 1 aromatic rings. The van der Waals surface area contributed by atoms with Crippen LogP contribution in [0.25, 0.3) is 0 Å². The Hall–Kier alpha value is -2.59. The Balaban J connectivity index is 1.51. The molecular weight excluding hydrogens is 506 g/mol. The van der Waals surface area contributed by atoms with E-state index in [1.54, 1.807) is 6.07 Å². The molecule has 10 heteroatoms.